The molecule has 1 heterocycles. The van der Waals surface area contributed by atoms with E-state index >= 15 is 0 Å². The Bertz CT molecular complexity index is 608. The molecule has 2 aromatic rings. The monoisotopic (exact) mass is 290 g/mol. The standard InChI is InChI=1S/C16H18O3S/c1-4-13-8-14(15(20-13)16(17)18)19-9-12-6-10(2)5-11(3)7-12/h5-8H,4,9H2,1-3H3,(H,17,18). The summed E-state index contributed by atoms with van der Waals surface area (Å²) < 4.78 is 5.71. The number of carbonyl (C=O) groups is 1. The van der Waals surface area contributed by atoms with Crippen LogP contribution in [0.15, 0.2) is 24.3 Å². The van der Waals surface area contributed by atoms with Gasteiger partial charge in [-0.25, -0.2) is 4.79 Å². The minimum absolute atomic E-state index is 0.284. The van der Waals surface area contributed by atoms with Crippen LogP contribution >= 0.6 is 11.3 Å². The molecule has 106 valence electrons. The van der Waals surface area contributed by atoms with Crippen LogP contribution < -0.4 is 4.74 Å². The third-order valence-corrected chi connectivity index (χ3v) is 4.22. The Balaban J connectivity index is 2.17. The van der Waals surface area contributed by atoms with Crippen LogP contribution in [0.25, 0.3) is 0 Å². The zero-order valence-corrected chi connectivity index (χ0v) is 12.7. The number of carboxylic acids is 1. The molecule has 3 nitrogen and oxygen atoms in total. The summed E-state index contributed by atoms with van der Waals surface area (Å²) in [4.78, 5) is 12.5. The zero-order valence-electron chi connectivity index (χ0n) is 11.9. The number of hydrogen-bond acceptors (Lipinski definition) is 3. The van der Waals surface area contributed by atoms with Crippen LogP contribution in [-0.4, -0.2) is 11.1 Å². The highest BCUT2D eigenvalue weighted by molar-refractivity contribution is 7.14. The summed E-state index contributed by atoms with van der Waals surface area (Å²) >= 11 is 1.28. The number of thiophene rings is 1. The number of benzene rings is 1. The van der Waals surface area contributed by atoms with Gasteiger partial charge in [-0.3, -0.25) is 0 Å². The van der Waals surface area contributed by atoms with E-state index in [0.717, 1.165) is 16.9 Å². The number of carboxylic acid groups (broad SMARTS) is 1. The second-order valence-corrected chi connectivity index (χ2v) is 5.99. The van der Waals surface area contributed by atoms with Gasteiger partial charge < -0.3 is 9.84 Å². The first-order chi connectivity index (χ1) is 9.49. The van der Waals surface area contributed by atoms with E-state index < -0.39 is 5.97 Å². The van der Waals surface area contributed by atoms with E-state index in [1.165, 1.54) is 22.5 Å². The van der Waals surface area contributed by atoms with Crippen molar-refractivity contribution < 1.29 is 14.6 Å². The Hall–Kier alpha value is -1.81. The Morgan fingerprint density at radius 1 is 1.20 bits per heavy atom. The van der Waals surface area contributed by atoms with Crippen molar-refractivity contribution >= 4 is 17.3 Å². The molecule has 0 radical (unpaired) electrons. The van der Waals surface area contributed by atoms with Crippen molar-refractivity contribution in [3.8, 4) is 5.75 Å². The lowest BCUT2D eigenvalue weighted by Gasteiger charge is -2.07. The summed E-state index contributed by atoms with van der Waals surface area (Å²) in [6.45, 7) is 6.48. The van der Waals surface area contributed by atoms with E-state index in [0.29, 0.717) is 12.4 Å². The molecular weight excluding hydrogens is 272 g/mol. The third-order valence-electron chi connectivity index (χ3n) is 2.97. The van der Waals surface area contributed by atoms with Crippen LogP contribution in [0.3, 0.4) is 0 Å². The lowest BCUT2D eigenvalue weighted by molar-refractivity contribution is 0.0697. The predicted molar refractivity (Wildman–Crippen MR) is 80.9 cm³/mol. The van der Waals surface area contributed by atoms with Gasteiger partial charge in [-0.2, -0.15) is 0 Å². The maximum atomic E-state index is 11.2. The number of aromatic carboxylic acids is 1. The maximum absolute atomic E-state index is 11.2. The van der Waals surface area contributed by atoms with Crippen molar-refractivity contribution in [1.82, 2.24) is 0 Å². The van der Waals surface area contributed by atoms with Gasteiger partial charge in [-0.05, 0) is 31.9 Å². The SMILES string of the molecule is CCc1cc(OCc2cc(C)cc(C)c2)c(C(=O)O)s1. The molecular formula is C16H18O3S. The fraction of sp³-hybridized carbons (Fsp3) is 0.312. The van der Waals surface area contributed by atoms with E-state index in [9.17, 15) is 9.90 Å². The second kappa shape index (κ2) is 6.09. The summed E-state index contributed by atoms with van der Waals surface area (Å²) in [6.07, 6.45) is 0.817. The van der Waals surface area contributed by atoms with Crippen molar-refractivity contribution in [1.29, 1.82) is 0 Å². The van der Waals surface area contributed by atoms with Crippen LogP contribution in [0.2, 0.25) is 0 Å². The van der Waals surface area contributed by atoms with Crippen LogP contribution in [0.4, 0.5) is 0 Å². The van der Waals surface area contributed by atoms with Gasteiger partial charge in [0.15, 0.2) is 4.88 Å². The first-order valence-electron chi connectivity index (χ1n) is 6.55. The highest BCUT2D eigenvalue weighted by Crippen LogP contribution is 2.30. The van der Waals surface area contributed by atoms with E-state index in [4.69, 9.17) is 4.74 Å². The number of aryl methyl sites for hydroxylation is 3. The molecule has 0 aliphatic rings. The molecule has 0 aliphatic carbocycles. The van der Waals surface area contributed by atoms with Crippen LogP contribution in [0.1, 0.15) is 38.2 Å². The van der Waals surface area contributed by atoms with E-state index in [1.807, 2.05) is 26.8 Å². The van der Waals surface area contributed by atoms with E-state index in [1.54, 1.807) is 0 Å². The number of rotatable bonds is 5. The van der Waals surface area contributed by atoms with Gasteiger partial charge in [-0.1, -0.05) is 36.2 Å². The third kappa shape index (κ3) is 3.39. The molecule has 0 saturated carbocycles. The summed E-state index contributed by atoms with van der Waals surface area (Å²) in [5.41, 5.74) is 3.42. The zero-order chi connectivity index (χ0) is 14.7. The number of ether oxygens (including phenoxy) is 1. The molecule has 0 aliphatic heterocycles. The summed E-state index contributed by atoms with van der Waals surface area (Å²) in [7, 11) is 0. The molecule has 1 N–H and O–H groups in total. The molecule has 0 bridgehead atoms. The van der Waals surface area contributed by atoms with Gasteiger partial charge >= 0.3 is 5.97 Å². The average Bonchev–Trinajstić information content (AvgIpc) is 2.78. The quantitative estimate of drug-likeness (QED) is 0.897. The molecule has 0 amide bonds. The van der Waals surface area contributed by atoms with Gasteiger partial charge in [0.25, 0.3) is 0 Å². The van der Waals surface area contributed by atoms with Crippen molar-refractivity contribution in [3.63, 3.8) is 0 Å². The lowest BCUT2D eigenvalue weighted by Crippen LogP contribution is -2.00. The summed E-state index contributed by atoms with van der Waals surface area (Å²) in [5, 5.41) is 9.19. The first-order valence-corrected chi connectivity index (χ1v) is 7.37. The second-order valence-electron chi connectivity index (χ2n) is 4.85. The van der Waals surface area contributed by atoms with Crippen molar-refractivity contribution in [2.75, 3.05) is 0 Å². The molecule has 0 spiro atoms. The molecule has 4 heteroatoms. The number of hydrogen-bond donors (Lipinski definition) is 1. The highest BCUT2D eigenvalue weighted by Gasteiger charge is 2.16. The normalized spacial score (nSPS) is 10.6. The Morgan fingerprint density at radius 2 is 1.85 bits per heavy atom. The topological polar surface area (TPSA) is 46.5 Å². The van der Waals surface area contributed by atoms with Crippen molar-refractivity contribution in [2.45, 2.75) is 33.8 Å². The van der Waals surface area contributed by atoms with E-state index in [2.05, 4.69) is 18.2 Å². The van der Waals surface area contributed by atoms with Gasteiger partial charge in [0.1, 0.15) is 12.4 Å². The minimum Gasteiger partial charge on any atom is -0.487 e. The molecule has 0 unspecified atom stereocenters. The minimum atomic E-state index is -0.926. The van der Waals surface area contributed by atoms with Crippen LogP contribution in [0.5, 0.6) is 5.75 Å². The van der Waals surface area contributed by atoms with Gasteiger partial charge in [0.2, 0.25) is 0 Å². The molecule has 0 saturated heterocycles. The Kier molecular flexibility index (Phi) is 4.45. The fourth-order valence-electron chi connectivity index (χ4n) is 2.17. The molecule has 0 atom stereocenters. The molecule has 1 aromatic carbocycles. The first kappa shape index (κ1) is 14.6. The average molecular weight is 290 g/mol. The van der Waals surface area contributed by atoms with Gasteiger partial charge in [-0.15, -0.1) is 11.3 Å². The van der Waals surface area contributed by atoms with Gasteiger partial charge in [0, 0.05) is 4.88 Å². The smallest absolute Gasteiger partial charge is 0.349 e. The van der Waals surface area contributed by atoms with E-state index in [-0.39, 0.29) is 4.88 Å². The van der Waals surface area contributed by atoms with Crippen LogP contribution in [0, 0.1) is 13.8 Å². The summed E-state index contributed by atoms with van der Waals surface area (Å²) in [5.74, 6) is -0.455. The van der Waals surface area contributed by atoms with Gasteiger partial charge in [0.05, 0.1) is 0 Å². The van der Waals surface area contributed by atoms with Crippen molar-refractivity contribution in [2.24, 2.45) is 0 Å². The molecule has 0 fully saturated rings. The molecule has 20 heavy (non-hydrogen) atoms. The fourth-order valence-corrected chi connectivity index (χ4v) is 3.04. The maximum Gasteiger partial charge on any atom is 0.349 e. The molecule has 1 aromatic heterocycles. The Labute approximate surface area is 122 Å². The van der Waals surface area contributed by atoms with Crippen LogP contribution in [-0.2, 0) is 13.0 Å². The Morgan fingerprint density at radius 3 is 2.40 bits per heavy atom. The lowest BCUT2D eigenvalue weighted by atomic mass is 10.1. The largest absolute Gasteiger partial charge is 0.487 e. The highest BCUT2D eigenvalue weighted by atomic mass is 32.1. The van der Waals surface area contributed by atoms with Crippen molar-refractivity contribution in [3.05, 3.63) is 50.7 Å². The predicted octanol–water partition coefficient (Wildman–Crippen LogP) is 4.20. The molecule has 2 rings (SSSR count). The summed E-state index contributed by atoms with van der Waals surface area (Å²) in [6, 6.07) is 8.05.